The van der Waals surface area contributed by atoms with Crippen LogP contribution in [0, 0.1) is 0 Å². The molecule has 2 rings (SSSR count). The van der Waals surface area contributed by atoms with Crippen LogP contribution in [0.2, 0.25) is 0 Å². The van der Waals surface area contributed by atoms with Gasteiger partial charge in [0.1, 0.15) is 0 Å². The lowest BCUT2D eigenvalue weighted by atomic mass is 10.3. The summed E-state index contributed by atoms with van der Waals surface area (Å²) in [5.74, 6) is -0.0314. The molecule has 0 bridgehead atoms. The van der Waals surface area contributed by atoms with E-state index in [0.717, 1.165) is 13.1 Å². The predicted molar refractivity (Wildman–Crippen MR) is 82.7 cm³/mol. The van der Waals surface area contributed by atoms with E-state index in [2.05, 4.69) is 14.9 Å². The Balaban J connectivity index is 1.93. The van der Waals surface area contributed by atoms with Crippen molar-refractivity contribution in [3.63, 3.8) is 0 Å². The molecule has 1 amide bonds. The van der Waals surface area contributed by atoms with Gasteiger partial charge in [-0.25, -0.2) is 5.06 Å². The van der Waals surface area contributed by atoms with Crippen LogP contribution in [0.1, 0.15) is 16.2 Å². The van der Waals surface area contributed by atoms with E-state index in [4.69, 9.17) is 4.84 Å². The van der Waals surface area contributed by atoms with Crippen LogP contribution < -0.4 is 0 Å². The molecule has 0 N–H and O–H groups in total. The SMILES string of the molecule is CON(C)C(=O)CCN(Cc1cncs1)Cc1cncs1. The molecule has 0 spiro atoms. The lowest BCUT2D eigenvalue weighted by Gasteiger charge is -2.21. The number of hydroxylamine groups is 2. The first-order valence-corrected chi connectivity index (χ1v) is 8.22. The molecule has 2 aromatic rings. The summed E-state index contributed by atoms with van der Waals surface area (Å²) < 4.78 is 0. The monoisotopic (exact) mass is 326 g/mol. The third-order valence-corrected chi connectivity index (χ3v) is 4.52. The average molecular weight is 326 g/mol. The minimum atomic E-state index is -0.0314. The van der Waals surface area contributed by atoms with Gasteiger partial charge in [0.15, 0.2) is 0 Å². The largest absolute Gasteiger partial charge is 0.293 e. The second-order valence-electron chi connectivity index (χ2n) is 4.47. The Morgan fingerprint density at radius 2 is 1.76 bits per heavy atom. The molecule has 0 aliphatic carbocycles. The lowest BCUT2D eigenvalue weighted by molar-refractivity contribution is -0.169. The molecule has 21 heavy (non-hydrogen) atoms. The normalized spacial score (nSPS) is 11.0. The van der Waals surface area contributed by atoms with Crippen molar-refractivity contribution in [3.8, 4) is 0 Å². The smallest absolute Gasteiger partial charge is 0.247 e. The molecule has 0 aromatic carbocycles. The molecule has 6 nitrogen and oxygen atoms in total. The number of carbonyl (C=O) groups is 1. The van der Waals surface area contributed by atoms with E-state index in [1.54, 1.807) is 29.7 Å². The third kappa shape index (κ3) is 5.16. The van der Waals surface area contributed by atoms with Crippen molar-refractivity contribution >= 4 is 28.6 Å². The van der Waals surface area contributed by atoms with Gasteiger partial charge in [-0.1, -0.05) is 0 Å². The second kappa shape index (κ2) is 8.18. The molecule has 0 aliphatic rings. The first-order valence-electron chi connectivity index (χ1n) is 6.46. The maximum atomic E-state index is 11.8. The molecule has 0 saturated heterocycles. The van der Waals surface area contributed by atoms with Gasteiger partial charge in [-0.3, -0.25) is 24.5 Å². The van der Waals surface area contributed by atoms with Gasteiger partial charge in [0.05, 0.1) is 18.1 Å². The van der Waals surface area contributed by atoms with Gasteiger partial charge in [-0.15, -0.1) is 22.7 Å². The summed E-state index contributed by atoms with van der Waals surface area (Å²) in [5, 5.41) is 1.26. The first kappa shape index (κ1) is 16.0. The second-order valence-corrected chi connectivity index (χ2v) is 6.41. The number of hydrogen-bond donors (Lipinski definition) is 0. The minimum Gasteiger partial charge on any atom is -0.293 e. The highest BCUT2D eigenvalue weighted by Crippen LogP contribution is 2.15. The minimum absolute atomic E-state index is 0.0314. The predicted octanol–water partition coefficient (Wildman–Crippen LogP) is 2.01. The maximum absolute atomic E-state index is 11.8. The summed E-state index contributed by atoms with van der Waals surface area (Å²) in [6.07, 6.45) is 4.16. The van der Waals surface area contributed by atoms with Crippen LogP contribution in [0.5, 0.6) is 0 Å². The Morgan fingerprint density at radius 1 is 1.19 bits per heavy atom. The molecule has 0 aliphatic heterocycles. The van der Waals surface area contributed by atoms with Gasteiger partial charge in [-0.05, 0) is 0 Å². The highest BCUT2D eigenvalue weighted by atomic mass is 32.1. The Morgan fingerprint density at radius 3 is 2.19 bits per heavy atom. The molecule has 0 radical (unpaired) electrons. The molecular formula is C13H18N4O2S2. The summed E-state index contributed by atoms with van der Waals surface area (Å²) in [6.45, 7) is 2.24. The summed E-state index contributed by atoms with van der Waals surface area (Å²) >= 11 is 3.25. The maximum Gasteiger partial charge on any atom is 0.247 e. The molecule has 114 valence electrons. The van der Waals surface area contributed by atoms with E-state index in [-0.39, 0.29) is 5.91 Å². The van der Waals surface area contributed by atoms with Crippen LogP contribution >= 0.6 is 22.7 Å². The molecule has 2 heterocycles. The van der Waals surface area contributed by atoms with E-state index < -0.39 is 0 Å². The first-order chi connectivity index (χ1) is 10.2. The van der Waals surface area contributed by atoms with Crippen molar-refractivity contribution in [2.45, 2.75) is 19.5 Å². The highest BCUT2D eigenvalue weighted by Gasteiger charge is 2.14. The van der Waals surface area contributed by atoms with Crippen LogP contribution in [0.25, 0.3) is 0 Å². The number of nitrogens with zero attached hydrogens (tertiary/aromatic N) is 4. The summed E-state index contributed by atoms with van der Waals surface area (Å²) in [7, 11) is 3.11. The van der Waals surface area contributed by atoms with Crippen LogP contribution in [0.3, 0.4) is 0 Å². The van der Waals surface area contributed by atoms with Crippen LogP contribution in [0.15, 0.2) is 23.4 Å². The Labute approximate surface area is 132 Å². The Hall–Kier alpha value is -1.35. The Kier molecular flexibility index (Phi) is 6.24. The number of aromatic nitrogens is 2. The van der Waals surface area contributed by atoms with Gasteiger partial charge >= 0.3 is 0 Å². The summed E-state index contributed by atoms with van der Waals surface area (Å²) in [6, 6.07) is 0. The van der Waals surface area contributed by atoms with Gasteiger partial charge in [0.2, 0.25) is 5.91 Å². The van der Waals surface area contributed by atoms with E-state index >= 15 is 0 Å². The van der Waals surface area contributed by atoms with Crippen molar-refractivity contribution < 1.29 is 9.63 Å². The van der Waals surface area contributed by atoms with Crippen LogP contribution in [0.4, 0.5) is 0 Å². The zero-order valence-electron chi connectivity index (χ0n) is 12.1. The average Bonchev–Trinajstić information content (AvgIpc) is 3.17. The van der Waals surface area contributed by atoms with E-state index in [0.29, 0.717) is 13.0 Å². The van der Waals surface area contributed by atoms with Crippen molar-refractivity contribution in [1.82, 2.24) is 19.9 Å². The quantitative estimate of drug-likeness (QED) is 0.695. The lowest BCUT2D eigenvalue weighted by Crippen LogP contribution is -2.31. The van der Waals surface area contributed by atoms with Crippen molar-refractivity contribution in [2.24, 2.45) is 0 Å². The molecule has 8 heteroatoms. The third-order valence-electron chi connectivity index (χ3n) is 2.99. The molecule has 0 fully saturated rings. The molecule has 2 aromatic heterocycles. The van der Waals surface area contributed by atoms with Gasteiger partial charge < -0.3 is 0 Å². The van der Waals surface area contributed by atoms with Gasteiger partial charge in [0, 0.05) is 55.3 Å². The Bertz CT molecular complexity index is 494. The molecule has 0 saturated carbocycles. The van der Waals surface area contributed by atoms with Crippen LogP contribution in [-0.4, -0.2) is 46.5 Å². The standard InChI is InChI=1S/C13H18N4O2S2/c1-16(19-2)13(18)3-4-17(7-11-5-14-9-20-11)8-12-6-15-10-21-12/h5-6,9-10H,3-4,7-8H2,1-2H3. The highest BCUT2D eigenvalue weighted by molar-refractivity contribution is 7.09. The van der Waals surface area contributed by atoms with E-state index in [9.17, 15) is 4.79 Å². The molecular weight excluding hydrogens is 308 g/mol. The fourth-order valence-electron chi connectivity index (χ4n) is 1.81. The van der Waals surface area contributed by atoms with E-state index in [1.165, 1.54) is 21.9 Å². The topological polar surface area (TPSA) is 58.6 Å². The zero-order chi connectivity index (χ0) is 15.1. The number of rotatable bonds is 8. The van der Waals surface area contributed by atoms with Gasteiger partial charge in [0.25, 0.3) is 0 Å². The number of carbonyl (C=O) groups excluding carboxylic acids is 1. The molecule has 0 unspecified atom stereocenters. The number of thiazole rings is 2. The fraction of sp³-hybridized carbons (Fsp3) is 0.462. The zero-order valence-corrected chi connectivity index (χ0v) is 13.7. The number of amides is 1. The van der Waals surface area contributed by atoms with E-state index in [1.807, 2.05) is 23.4 Å². The van der Waals surface area contributed by atoms with Crippen molar-refractivity contribution in [2.75, 3.05) is 20.7 Å². The van der Waals surface area contributed by atoms with Crippen LogP contribution in [-0.2, 0) is 22.7 Å². The summed E-state index contributed by atoms with van der Waals surface area (Å²) in [5.41, 5.74) is 3.65. The molecule has 0 atom stereocenters. The van der Waals surface area contributed by atoms with Crippen molar-refractivity contribution in [3.05, 3.63) is 33.2 Å². The number of hydrogen-bond acceptors (Lipinski definition) is 7. The van der Waals surface area contributed by atoms with Gasteiger partial charge in [-0.2, -0.15) is 0 Å². The fourth-order valence-corrected chi connectivity index (χ4v) is 3.08. The summed E-state index contributed by atoms with van der Waals surface area (Å²) in [4.78, 5) is 29.5. The van der Waals surface area contributed by atoms with Crippen molar-refractivity contribution in [1.29, 1.82) is 0 Å².